The van der Waals surface area contributed by atoms with E-state index in [9.17, 15) is 14.4 Å². The van der Waals surface area contributed by atoms with Gasteiger partial charge in [0, 0.05) is 5.56 Å². The van der Waals surface area contributed by atoms with Crippen LogP contribution in [0.15, 0.2) is 48.5 Å². The fourth-order valence-electron chi connectivity index (χ4n) is 1.96. The highest BCUT2D eigenvalue weighted by molar-refractivity contribution is 6.13. The maximum Gasteiger partial charge on any atom is 0.336 e. The summed E-state index contributed by atoms with van der Waals surface area (Å²) in [5.74, 6) is -1.93. The average Bonchev–Trinajstić information content (AvgIpc) is 2.47. The lowest BCUT2D eigenvalue weighted by Gasteiger charge is -2.10. The summed E-state index contributed by atoms with van der Waals surface area (Å²) >= 11 is 0. The minimum Gasteiger partial charge on any atom is -0.478 e. The molecule has 2 N–H and O–H groups in total. The highest BCUT2D eigenvalue weighted by atomic mass is 16.4. The van der Waals surface area contributed by atoms with Crippen molar-refractivity contribution in [3.8, 4) is 0 Å². The van der Waals surface area contributed by atoms with Crippen LogP contribution in [0.4, 0.5) is 5.69 Å². The molecular formula is C16H13NO4. The Morgan fingerprint density at radius 3 is 1.95 bits per heavy atom. The van der Waals surface area contributed by atoms with E-state index in [1.165, 1.54) is 19.1 Å². The molecular weight excluding hydrogens is 270 g/mol. The molecule has 2 aromatic rings. The molecule has 0 bridgehead atoms. The van der Waals surface area contributed by atoms with Gasteiger partial charge in [-0.25, -0.2) is 4.79 Å². The molecule has 0 saturated carbocycles. The van der Waals surface area contributed by atoms with E-state index in [-0.39, 0.29) is 16.9 Å². The topological polar surface area (TPSA) is 83.5 Å². The maximum atomic E-state index is 12.2. The minimum atomic E-state index is -1.18. The van der Waals surface area contributed by atoms with Gasteiger partial charge >= 0.3 is 5.97 Å². The Kier molecular flexibility index (Phi) is 4.13. The number of Topliss-reactive ketones (excluding diaryl/α,β-unsaturated/α-hetero) is 1. The van der Waals surface area contributed by atoms with Gasteiger partial charge in [-0.15, -0.1) is 0 Å². The molecule has 0 fully saturated rings. The number of para-hydroxylation sites is 1. The maximum absolute atomic E-state index is 12.2. The Morgan fingerprint density at radius 2 is 1.38 bits per heavy atom. The Labute approximate surface area is 121 Å². The molecule has 0 radical (unpaired) electrons. The number of carboxylic acids is 1. The highest BCUT2D eigenvalue weighted by Crippen LogP contribution is 2.18. The predicted octanol–water partition coefficient (Wildman–Crippen LogP) is 2.84. The van der Waals surface area contributed by atoms with Gasteiger partial charge in [0.1, 0.15) is 0 Å². The normalized spacial score (nSPS) is 9.95. The Morgan fingerprint density at radius 1 is 0.857 bits per heavy atom. The van der Waals surface area contributed by atoms with Crippen molar-refractivity contribution < 1.29 is 19.5 Å². The first kappa shape index (κ1) is 14.5. The lowest BCUT2D eigenvalue weighted by atomic mass is 10.1. The number of hydrogen-bond donors (Lipinski definition) is 2. The molecule has 1 amide bonds. The highest BCUT2D eigenvalue weighted by Gasteiger charge is 2.17. The molecule has 0 aliphatic rings. The van der Waals surface area contributed by atoms with Crippen molar-refractivity contribution in [1.82, 2.24) is 0 Å². The molecule has 2 aromatic carbocycles. The van der Waals surface area contributed by atoms with E-state index >= 15 is 0 Å². The Balaban J connectivity index is 2.36. The van der Waals surface area contributed by atoms with Crippen molar-refractivity contribution in [3.63, 3.8) is 0 Å². The van der Waals surface area contributed by atoms with Gasteiger partial charge in [-0.1, -0.05) is 24.3 Å². The van der Waals surface area contributed by atoms with Gasteiger partial charge in [-0.3, -0.25) is 9.59 Å². The first-order chi connectivity index (χ1) is 10.0. The lowest BCUT2D eigenvalue weighted by molar-refractivity contribution is 0.0692. The molecule has 0 atom stereocenters. The van der Waals surface area contributed by atoms with Crippen LogP contribution in [-0.2, 0) is 0 Å². The first-order valence-electron chi connectivity index (χ1n) is 6.24. The minimum absolute atomic E-state index is 0.0448. The van der Waals surface area contributed by atoms with Crippen molar-refractivity contribution >= 4 is 23.3 Å². The molecule has 21 heavy (non-hydrogen) atoms. The summed E-state index contributed by atoms with van der Waals surface area (Å²) < 4.78 is 0. The number of carboxylic acid groups (broad SMARTS) is 1. The van der Waals surface area contributed by atoms with Crippen molar-refractivity contribution in [3.05, 3.63) is 65.2 Å². The van der Waals surface area contributed by atoms with Crippen LogP contribution in [0.2, 0.25) is 0 Å². The van der Waals surface area contributed by atoms with Crippen LogP contribution in [0.25, 0.3) is 0 Å². The second-order valence-electron chi connectivity index (χ2n) is 4.41. The van der Waals surface area contributed by atoms with Crippen molar-refractivity contribution in [2.45, 2.75) is 6.92 Å². The van der Waals surface area contributed by atoms with Crippen molar-refractivity contribution in [2.24, 2.45) is 0 Å². The van der Waals surface area contributed by atoms with E-state index in [2.05, 4.69) is 5.32 Å². The third-order valence-electron chi connectivity index (χ3n) is 2.96. The SMILES string of the molecule is CC(=O)c1ccccc1NC(=O)c1ccccc1C(=O)O. The van der Waals surface area contributed by atoms with Gasteiger partial charge in [0.25, 0.3) is 5.91 Å². The summed E-state index contributed by atoms with van der Waals surface area (Å²) in [6, 6.07) is 12.5. The number of carbonyl (C=O) groups is 3. The van der Waals surface area contributed by atoms with Crippen LogP contribution in [0.3, 0.4) is 0 Å². The smallest absolute Gasteiger partial charge is 0.336 e. The van der Waals surface area contributed by atoms with E-state index in [4.69, 9.17) is 5.11 Å². The number of nitrogens with one attached hydrogen (secondary N) is 1. The van der Waals surface area contributed by atoms with Crippen LogP contribution >= 0.6 is 0 Å². The van der Waals surface area contributed by atoms with Gasteiger partial charge in [0.05, 0.1) is 16.8 Å². The molecule has 0 saturated heterocycles. The summed E-state index contributed by atoms with van der Waals surface area (Å²) in [6.07, 6.45) is 0. The third kappa shape index (κ3) is 3.14. The zero-order valence-electron chi connectivity index (χ0n) is 11.3. The molecule has 5 nitrogen and oxygen atoms in total. The van der Waals surface area contributed by atoms with E-state index in [0.717, 1.165) is 0 Å². The fraction of sp³-hybridized carbons (Fsp3) is 0.0625. The Hall–Kier alpha value is -2.95. The van der Waals surface area contributed by atoms with E-state index in [1.54, 1.807) is 36.4 Å². The quantitative estimate of drug-likeness (QED) is 0.845. The number of rotatable bonds is 4. The van der Waals surface area contributed by atoms with Crippen LogP contribution in [0, 0.1) is 0 Å². The van der Waals surface area contributed by atoms with Gasteiger partial charge in [0.2, 0.25) is 0 Å². The van der Waals surface area contributed by atoms with Gasteiger partial charge < -0.3 is 10.4 Å². The number of hydrogen-bond acceptors (Lipinski definition) is 3. The van der Waals surface area contributed by atoms with Crippen molar-refractivity contribution in [1.29, 1.82) is 0 Å². The number of aromatic carboxylic acids is 1. The molecule has 0 aromatic heterocycles. The van der Waals surface area contributed by atoms with Crippen LogP contribution in [0.5, 0.6) is 0 Å². The predicted molar refractivity (Wildman–Crippen MR) is 77.8 cm³/mol. The second-order valence-corrected chi connectivity index (χ2v) is 4.41. The molecule has 0 aliphatic carbocycles. The third-order valence-corrected chi connectivity index (χ3v) is 2.96. The molecule has 106 valence electrons. The second kappa shape index (κ2) is 6.00. The summed E-state index contributed by atoms with van der Waals surface area (Å²) in [7, 11) is 0. The first-order valence-corrected chi connectivity index (χ1v) is 6.24. The fourth-order valence-corrected chi connectivity index (χ4v) is 1.96. The summed E-state index contributed by atoms with van der Waals surface area (Å²) in [6.45, 7) is 1.40. The summed E-state index contributed by atoms with van der Waals surface area (Å²) in [4.78, 5) is 34.9. The lowest BCUT2D eigenvalue weighted by Crippen LogP contribution is -2.17. The average molecular weight is 283 g/mol. The number of carbonyl (C=O) groups excluding carboxylic acids is 2. The molecule has 0 aliphatic heterocycles. The van der Waals surface area contributed by atoms with Crippen LogP contribution in [0.1, 0.15) is 38.0 Å². The molecule has 0 unspecified atom stereocenters. The van der Waals surface area contributed by atoms with E-state index in [1.807, 2.05) is 0 Å². The van der Waals surface area contributed by atoms with Gasteiger partial charge in [-0.2, -0.15) is 0 Å². The number of anilines is 1. The van der Waals surface area contributed by atoms with Crippen molar-refractivity contribution in [2.75, 3.05) is 5.32 Å². The molecule has 0 heterocycles. The van der Waals surface area contributed by atoms with Crippen LogP contribution in [-0.4, -0.2) is 22.8 Å². The van der Waals surface area contributed by atoms with Gasteiger partial charge in [-0.05, 0) is 31.2 Å². The Bertz CT molecular complexity index is 722. The zero-order chi connectivity index (χ0) is 15.4. The number of benzene rings is 2. The summed E-state index contributed by atoms with van der Waals surface area (Å²) in [5.41, 5.74) is 0.688. The number of ketones is 1. The van der Waals surface area contributed by atoms with E-state index < -0.39 is 11.9 Å². The molecule has 5 heteroatoms. The standard InChI is InChI=1S/C16H13NO4/c1-10(18)11-6-4-5-9-14(11)17-15(19)12-7-2-3-8-13(12)16(20)21/h2-9H,1H3,(H,17,19)(H,20,21). The molecule has 0 spiro atoms. The monoisotopic (exact) mass is 283 g/mol. The number of amides is 1. The summed E-state index contributed by atoms with van der Waals surface area (Å²) in [5, 5.41) is 11.7. The zero-order valence-corrected chi connectivity index (χ0v) is 11.3. The largest absolute Gasteiger partial charge is 0.478 e. The van der Waals surface area contributed by atoms with Gasteiger partial charge in [0.15, 0.2) is 5.78 Å². The molecule has 2 rings (SSSR count). The van der Waals surface area contributed by atoms with E-state index in [0.29, 0.717) is 11.3 Å². The van der Waals surface area contributed by atoms with Crippen LogP contribution < -0.4 is 5.32 Å².